The van der Waals surface area contributed by atoms with E-state index in [2.05, 4.69) is 22.3 Å². The molecule has 2 atom stereocenters. The number of hydrogen-bond donors (Lipinski definition) is 3. The molecule has 0 spiro atoms. The molecule has 2 rings (SSSR count). The molecule has 0 aromatic heterocycles. The zero-order chi connectivity index (χ0) is 15.5. The van der Waals surface area contributed by atoms with Crippen LogP contribution < -0.4 is 15.4 Å². The molecule has 1 aromatic rings. The van der Waals surface area contributed by atoms with Crippen LogP contribution >= 0.6 is 12.4 Å². The molecule has 0 aliphatic carbocycles. The van der Waals surface area contributed by atoms with Crippen molar-refractivity contribution in [3.8, 4) is 0 Å². The third kappa shape index (κ3) is 4.42. The maximum atomic E-state index is 12.2. The second-order valence-electron chi connectivity index (χ2n) is 5.28. The van der Waals surface area contributed by atoms with Crippen LogP contribution in [0.3, 0.4) is 0 Å². The summed E-state index contributed by atoms with van der Waals surface area (Å²) >= 11 is 0. The Morgan fingerprint density at radius 1 is 1.27 bits per heavy atom. The Balaban J connectivity index is 0.00000242. The van der Waals surface area contributed by atoms with E-state index >= 15 is 0 Å². The average Bonchev–Trinajstić information content (AvgIpc) is 2.49. The van der Waals surface area contributed by atoms with Crippen LogP contribution in [0.15, 0.2) is 29.2 Å². The van der Waals surface area contributed by atoms with Crippen molar-refractivity contribution in [2.45, 2.75) is 24.3 Å². The predicted octanol–water partition coefficient (Wildman–Crippen LogP) is 0.744. The minimum Gasteiger partial charge on any atom is -0.348 e. The Hall–Kier alpha value is -1.15. The van der Waals surface area contributed by atoms with E-state index in [-0.39, 0.29) is 29.3 Å². The zero-order valence-electron chi connectivity index (χ0n) is 12.6. The van der Waals surface area contributed by atoms with Crippen LogP contribution in [0, 0.1) is 5.92 Å². The quantitative estimate of drug-likeness (QED) is 0.750. The molecule has 1 fully saturated rings. The summed E-state index contributed by atoms with van der Waals surface area (Å²) in [5, 5.41) is 6.25. The Bertz CT molecular complexity index is 604. The molecule has 1 aliphatic rings. The highest BCUT2D eigenvalue weighted by atomic mass is 35.5. The van der Waals surface area contributed by atoms with E-state index < -0.39 is 10.0 Å². The highest BCUT2D eigenvalue weighted by Crippen LogP contribution is 2.13. The molecule has 8 heteroatoms. The normalized spacial score (nSPS) is 21.7. The molecule has 0 bridgehead atoms. The summed E-state index contributed by atoms with van der Waals surface area (Å²) < 4.78 is 25.5. The van der Waals surface area contributed by atoms with Crippen molar-refractivity contribution < 1.29 is 13.2 Å². The van der Waals surface area contributed by atoms with Gasteiger partial charge in [-0.2, -0.15) is 0 Å². The van der Waals surface area contributed by atoms with Gasteiger partial charge in [-0.05, 0) is 50.2 Å². The number of halogens is 1. The Kier molecular flexibility index (Phi) is 6.80. The number of hydrogen-bond acceptors (Lipinski definition) is 4. The van der Waals surface area contributed by atoms with Crippen LogP contribution in [0.4, 0.5) is 0 Å². The van der Waals surface area contributed by atoms with Crippen molar-refractivity contribution >= 4 is 28.3 Å². The summed E-state index contributed by atoms with van der Waals surface area (Å²) in [6.45, 7) is 3.86. The maximum absolute atomic E-state index is 12.2. The third-order valence-corrected chi connectivity index (χ3v) is 5.27. The lowest BCUT2D eigenvalue weighted by Gasteiger charge is -2.30. The number of sulfonamides is 1. The van der Waals surface area contributed by atoms with E-state index in [1.165, 1.54) is 31.3 Å². The van der Waals surface area contributed by atoms with Crippen LogP contribution in [0.1, 0.15) is 23.7 Å². The van der Waals surface area contributed by atoms with Gasteiger partial charge in [0.25, 0.3) is 5.91 Å². The first-order chi connectivity index (χ1) is 9.94. The van der Waals surface area contributed by atoms with Gasteiger partial charge in [0, 0.05) is 18.2 Å². The molecule has 1 heterocycles. The fourth-order valence-electron chi connectivity index (χ4n) is 2.34. The van der Waals surface area contributed by atoms with Gasteiger partial charge in [0.2, 0.25) is 10.0 Å². The van der Waals surface area contributed by atoms with Crippen LogP contribution in [-0.4, -0.2) is 40.5 Å². The predicted molar refractivity (Wildman–Crippen MR) is 87.8 cm³/mol. The van der Waals surface area contributed by atoms with Gasteiger partial charge in [0.15, 0.2) is 0 Å². The van der Waals surface area contributed by atoms with Gasteiger partial charge in [-0.25, -0.2) is 13.1 Å². The highest BCUT2D eigenvalue weighted by Gasteiger charge is 2.23. The lowest BCUT2D eigenvalue weighted by atomic mass is 9.94. The summed E-state index contributed by atoms with van der Waals surface area (Å²) in [5.74, 6) is 0.253. The lowest BCUT2D eigenvalue weighted by molar-refractivity contribution is 0.0915. The molecule has 22 heavy (non-hydrogen) atoms. The third-order valence-electron chi connectivity index (χ3n) is 3.84. The van der Waals surface area contributed by atoms with Crippen LogP contribution in [-0.2, 0) is 10.0 Å². The van der Waals surface area contributed by atoms with Gasteiger partial charge in [0.1, 0.15) is 0 Å². The van der Waals surface area contributed by atoms with Gasteiger partial charge in [-0.1, -0.05) is 6.92 Å². The molecule has 6 nitrogen and oxygen atoms in total. The molecule has 2 unspecified atom stereocenters. The second kappa shape index (κ2) is 7.92. The number of carbonyl (C=O) groups excluding carboxylic acids is 1. The molecular formula is C14H22ClN3O3S. The van der Waals surface area contributed by atoms with E-state index in [4.69, 9.17) is 0 Å². The lowest BCUT2D eigenvalue weighted by Crippen LogP contribution is -2.50. The van der Waals surface area contributed by atoms with Gasteiger partial charge < -0.3 is 10.6 Å². The number of benzene rings is 1. The Morgan fingerprint density at radius 2 is 1.91 bits per heavy atom. The topological polar surface area (TPSA) is 87.3 Å². The SMILES string of the molecule is CNS(=O)(=O)c1ccc(C(=O)NC2CNCCC2C)cc1.Cl. The van der Waals surface area contributed by atoms with Gasteiger partial charge in [-0.3, -0.25) is 4.79 Å². The minimum atomic E-state index is -3.47. The standard InChI is InChI=1S/C14H21N3O3S.ClH/c1-10-7-8-16-9-13(10)17-14(18)11-3-5-12(6-4-11)21(19,20)15-2;/h3-6,10,13,15-16H,7-9H2,1-2H3,(H,17,18);1H. The molecule has 0 radical (unpaired) electrons. The van der Waals surface area contributed by atoms with Crippen molar-refractivity contribution in [3.63, 3.8) is 0 Å². The summed E-state index contributed by atoms with van der Waals surface area (Å²) in [6, 6.07) is 6.03. The number of nitrogens with one attached hydrogen (secondary N) is 3. The van der Waals surface area contributed by atoms with Crippen molar-refractivity contribution in [2.75, 3.05) is 20.1 Å². The van der Waals surface area contributed by atoms with E-state index in [0.717, 1.165) is 19.5 Å². The van der Waals surface area contributed by atoms with E-state index in [9.17, 15) is 13.2 Å². The van der Waals surface area contributed by atoms with Crippen LogP contribution in [0.5, 0.6) is 0 Å². The van der Waals surface area contributed by atoms with E-state index in [0.29, 0.717) is 11.5 Å². The van der Waals surface area contributed by atoms with Crippen LogP contribution in [0.2, 0.25) is 0 Å². The number of piperidine rings is 1. The molecule has 1 amide bonds. The summed E-state index contributed by atoms with van der Waals surface area (Å²) in [7, 11) is -2.11. The Morgan fingerprint density at radius 3 is 2.45 bits per heavy atom. The monoisotopic (exact) mass is 347 g/mol. The average molecular weight is 348 g/mol. The summed E-state index contributed by atoms with van der Waals surface area (Å²) in [6.07, 6.45) is 1.03. The first-order valence-electron chi connectivity index (χ1n) is 6.99. The molecule has 1 aromatic carbocycles. The smallest absolute Gasteiger partial charge is 0.251 e. The van der Waals surface area contributed by atoms with Crippen molar-refractivity contribution in [3.05, 3.63) is 29.8 Å². The van der Waals surface area contributed by atoms with Crippen molar-refractivity contribution in [1.82, 2.24) is 15.4 Å². The first kappa shape index (κ1) is 18.9. The summed E-state index contributed by atoms with van der Waals surface area (Å²) in [4.78, 5) is 12.3. The molecule has 1 aliphatic heterocycles. The highest BCUT2D eigenvalue weighted by molar-refractivity contribution is 7.89. The maximum Gasteiger partial charge on any atom is 0.251 e. The second-order valence-corrected chi connectivity index (χ2v) is 7.17. The molecule has 124 valence electrons. The van der Waals surface area contributed by atoms with Gasteiger partial charge in [-0.15, -0.1) is 12.4 Å². The van der Waals surface area contributed by atoms with Gasteiger partial charge >= 0.3 is 0 Å². The van der Waals surface area contributed by atoms with Gasteiger partial charge in [0.05, 0.1) is 4.90 Å². The number of carbonyl (C=O) groups is 1. The molecule has 1 saturated heterocycles. The number of rotatable bonds is 4. The van der Waals surface area contributed by atoms with Crippen molar-refractivity contribution in [2.24, 2.45) is 5.92 Å². The Labute approximate surface area is 137 Å². The van der Waals surface area contributed by atoms with Crippen molar-refractivity contribution in [1.29, 1.82) is 0 Å². The number of amides is 1. The fraction of sp³-hybridized carbons (Fsp3) is 0.500. The van der Waals surface area contributed by atoms with Crippen LogP contribution in [0.25, 0.3) is 0 Å². The summed E-state index contributed by atoms with van der Waals surface area (Å²) in [5.41, 5.74) is 0.461. The largest absolute Gasteiger partial charge is 0.348 e. The van der Waals surface area contributed by atoms with E-state index in [1.807, 2.05) is 0 Å². The molecule has 3 N–H and O–H groups in total. The van der Waals surface area contributed by atoms with E-state index in [1.54, 1.807) is 0 Å². The molecular weight excluding hydrogens is 326 g/mol. The minimum absolute atomic E-state index is 0. The first-order valence-corrected chi connectivity index (χ1v) is 8.47. The zero-order valence-corrected chi connectivity index (χ0v) is 14.3. The molecule has 0 saturated carbocycles. The fourth-order valence-corrected chi connectivity index (χ4v) is 3.07.